The van der Waals surface area contributed by atoms with E-state index in [4.69, 9.17) is 4.74 Å². The second-order valence-corrected chi connectivity index (χ2v) is 5.81. The lowest BCUT2D eigenvalue weighted by atomic mass is 10.1. The van der Waals surface area contributed by atoms with Gasteiger partial charge in [0.1, 0.15) is 5.56 Å². The van der Waals surface area contributed by atoms with Gasteiger partial charge in [0, 0.05) is 11.9 Å². The topological polar surface area (TPSA) is 71.2 Å². The number of nitrogens with one attached hydrogen (secondary N) is 2. The second-order valence-electron chi connectivity index (χ2n) is 5.81. The first-order chi connectivity index (χ1) is 11.7. The first kappa shape index (κ1) is 18.0. The van der Waals surface area contributed by atoms with Crippen LogP contribution >= 0.6 is 0 Å². The number of carbonyl (C=O) groups excluding carboxylic acids is 1. The highest BCUT2D eigenvalue weighted by molar-refractivity contribution is 6.04. The number of fused-ring (bicyclic) bond motifs is 1. The molecule has 2 rings (SSSR count). The van der Waals surface area contributed by atoms with Crippen LogP contribution in [0.4, 0.5) is 5.69 Å². The molecule has 0 amide bonds. The van der Waals surface area contributed by atoms with Crippen molar-refractivity contribution in [1.82, 2.24) is 4.98 Å². The fourth-order valence-corrected chi connectivity index (χ4v) is 2.77. The molecule has 5 nitrogen and oxygen atoms in total. The zero-order valence-corrected chi connectivity index (χ0v) is 14.5. The lowest BCUT2D eigenvalue weighted by molar-refractivity contribution is 0.0525. The van der Waals surface area contributed by atoms with Gasteiger partial charge >= 0.3 is 5.97 Å². The summed E-state index contributed by atoms with van der Waals surface area (Å²) in [4.78, 5) is 27.3. The van der Waals surface area contributed by atoms with Gasteiger partial charge in [0.05, 0.1) is 17.8 Å². The molecule has 24 heavy (non-hydrogen) atoms. The third-order valence-electron chi connectivity index (χ3n) is 3.98. The van der Waals surface area contributed by atoms with Crippen LogP contribution in [0.1, 0.15) is 56.3 Å². The van der Waals surface area contributed by atoms with E-state index in [0.29, 0.717) is 11.2 Å². The van der Waals surface area contributed by atoms with E-state index in [-0.39, 0.29) is 12.2 Å². The van der Waals surface area contributed by atoms with Crippen LogP contribution in [0.25, 0.3) is 10.9 Å². The molecular weight excluding hydrogens is 304 g/mol. The Balaban J connectivity index is 2.28. The Bertz CT molecular complexity index is 737. The molecule has 0 fully saturated rings. The quantitative estimate of drug-likeness (QED) is 0.537. The Morgan fingerprint density at radius 1 is 1.12 bits per heavy atom. The van der Waals surface area contributed by atoms with Gasteiger partial charge in [-0.05, 0) is 19.4 Å². The van der Waals surface area contributed by atoms with E-state index in [2.05, 4.69) is 17.2 Å². The lowest BCUT2D eigenvalue weighted by Gasteiger charge is -2.14. The van der Waals surface area contributed by atoms with Crippen LogP contribution in [0.3, 0.4) is 0 Å². The van der Waals surface area contributed by atoms with Gasteiger partial charge in [-0.25, -0.2) is 4.79 Å². The standard InChI is InChI=1S/C19H26N2O3/c1-3-5-6-7-10-13-20-17-14-11-8-9-12-15(14)21-18(22)16(17)19(23)24-4-2/h8-9,11-12H,3-7,10,13H2,1-2H3,(H2,20,21,22). The van der Waals surface area contributed by atoms with E-state index in [1.165, 1.54) is 19.3 Å². The van der Waals surface area contributed by atoms with Crippen LogP contribution in [-0.2, 0) is 4.74 Å². The van der Waals surface area contributed by atoms with Crippen LogP contribution in [0.2, 0.25) is 0 Å². The van der Waals surface area contributed by atoms with Crippen molar-refractivity contribution in [2.24, 2.45) is 0 Å². The summed E-state index contributed by atoms with van der Waals surface area (Å²) in [5.74, 6) is -0.585. The average Bonchev–Trinajstić information content (AvgIpc) is 2.57. The summed E-state index contributed by atoms with van der Waals surface area (Å²) in [5.41, 5.74) is 0.928. The van der Waals surface area contributed by atoms with Gasteiger partial charge in [-0.2, -0.15) is 0 Å². The molecule has 0 saturated heterocycles. The fraction of sp³-hybridized carbons (Fsp3) is 0.474. The first-order valence-corrected chi connectivity index (χ1v) is 8.75. The molecule has 0 aliphatic heterocycles. The number of hydrogen-bond acceptors (Lipinski definition) is 4. The van der Waals surface area contributed by atoms with Gasteiger partial charge in [0.15, 0.2) is 0 Å². The van der Waals surface area contributed by atoms with Crippen LogP contribution < -0.4 is 10.9 Å². The van der Waals surface area contributed by atoms with Crippen molar-refractivity contribution in [3.05, 3.63) is 40.2 Å². The molecule has 0 unspecified atom stereocenters. The number of H-pyrrole nitrogens is 1. The zero-order chi connectivity index (χ0) is 17.4. The van der Waals surface area contributed by atoms with Crippen molar-refractivity contribution in [3.8, 4) is 0 Å². The minimum Gasteiger partial charge on any atom is -0.462 e. The van der Waals surface area contributed by atoms with Gasteiger partial charge in [-0.3, -0.25) is 4.79 Å². The molecule has 0 bridgehead atoms. The van der Waals surface area contributed by atoms with E-state index in [1.807, 2.05) is 24.3 Å². The molecule has 0 aliphatic rings. The molecule has 1 heterocycles. The number of rotatable bonds is 9. The highest BCUT2D eigenvalue weighted by Crippen LogP contribution is 2.24. The summed E-state index contributed by atoms with van der Waals surface area (Å²) in [5, 5.41) is 4.12. The first-order valence-electron chi connectivity index (χ1n) is 8.75. The molecule has 0 aliphatic carbocycles. The predicted octanol–water partition coefficient (Wildman–Crippen LogP) is 4.09. The third kappa shape index (κ3) is 4.37. The van der Waals surface area contributed by atoms with Gasteiger partial charge in [-0.1, -0.05) is 50.8 Å². The molecule has 0 saturated carbocycles. The van der Waals surface area contributed by atoms with Crippen molar-refractivity contribution >= 4 is 22.6 Å². The average molecular weight is 330 g/mol. The van der Waals surface area contributed by atoms with Crippen LogP contribution in [0.5, 0.6) is 0 Å². The number of ether oxygens (including phenoxy) is 1. The number of unbranched alkanes of at least 4 members (excludes halogenated alkanes) is 4. The molecular formula is C19H26N2O3. The van der Waals surface area contributed by atoms with E-state index < -0.39 is 11.5 Å². The van der Waals surface area contributed by atoms with Gasteiger partial charge < -0.3 is 15.0 Å². The minimum atomic E-state index is -0.585. The summed E-state index contributed by atoms with van der Waals surface area (Å²) in [6.45, 7) is 4.88. The van der Waals surface area contributed by atoms with Crippen molar-refractivity contribution in [2.75, 3.05) is 18.5 Å². The molecule has 0 atom stereocenters. The van der Waals surface area contributed by atoms with Gasteiger partial charge in [0.25, 0.3) is 5.56 Å². The Labute approximate surface area is 142 Å². The van der Waals surface area contributed by atoms with Crippen LogP contribution in [-0.4, -0.2) is 24.1 Å². The van der Waals surface area contributed by atoms with Crippen molar-refractivity contribution < 1.29 is 9.53 Å². The Kier molecular flexibility index (Phi) is 6.85. The molecule has 0 spiro atoms. The summed E-state index contributed by atoms with van der Waals surface area (Å²) in [6, 6.07) is 7.48. The minimum absolute atomic E-state index is 0.0594. The molecule has 1 aromatic carbocycles. The number of anilines is 1. The SMILES string of the molecule is CCCCCCCNc1c(C(=O)OCC)c(=O)[nH]c2ccccc12. The third-order valence-corrected chi connectivity index (χ3v) is 3.98. The predicted molar refractivity (Wildman–Crippen MR) is 97.8 cm³/mol. The highest BCUT2D eigenvalue weighted by Gasteiger charge is 2.20. The highest BCUT2D eigenvalue weighted by atomic mass is 16.5. The number of hydrogen-bond donors (Lipinski definition) is 2. The Morgan fingerprint density at radius 3 is 2.62 bits per heavy atom. The summed E-state index contributed by atoms with van der Waals surface area (Å²) < 4.78 is 5.06. The summed E-state index contributed by atoms with van der Waals surface area (Å²) in [7, 11) is 0. The molecule has 1 aromatic heterocycles. The fourth-order valence-electron chi connectivity index (χ4n) is 2.77. The molecule has 2 aromatic rings. The van der Waals surface area contributed by atoms with E-state index in [0.717, 1.165) is 24.8 Å². The van der Waals surface area contributed by atoms with Crippen LogP contribution in [0, 0.1) is 0 Å². The normalized spacial score (nSPS) is 10.8. The Morgan fingerprint density at radius 2 is 1.88 bits per heavy atom. The number of pyridine rings is 1. The molecule has 130 valence electrons. The van der Waals surface area contributed by atoms with Gasteiger partial charge in [0.2, 0.25) is 0 Å². The maximum Gasteiger partial charge on any atom is 0.345 e. The van der Waals surface area contributed by atoms with Crippen molar-refractivity contribution in [2.45, 2.75) is 46.0 Å². The molecule has 0 radical (unpaired) electrons. The van der Waals surface area contributed by atoms with E-state index in [1.54, 1.807) is 6.92 Å². The smallest absolute Gasteiger partial charge is 0.345 e. The number of para-hydroxylation sites is 1. The van der Waals surface area contributed by atoms with Gasteiger partial charge in [-0.15, -0.1) is 0 Å². The lowest BCUT2D eigenvalue weighted by Crippen LogP contribution is -2.23. The summed E-state index contributed by atoms with van der Waals surface area (Å²) >= 11 is 0. The monoisotopic (exact) mass is 330 g/mol. The molecule has 2 N–H and O–H groups in total. The molecule has 5 heteroatoms. The second kappa shape index (κ2) is 9.11. The maximum atomic E-state index is 12.3. The number of carbonyl (C=O) groups is 1. The number of aromatic amines is 1. The maximum absolute atomic E-state index is 12.3. The van der Waals surface area contributed by atoms with Crippen molar-refractivity contribution in [3.63, 3.8) is 0 Å². The van der Waals surface area contributed by atoms with Crippen LogP contribution in [0.15, 0.2) is 29.1 Å². The summed E-state index contributed by atoms with van der Waals surface area (Å²) in [6.07, 6.45) is 5.79. The number of esters is 1. The number of benzene rings is 1. The zero-order valence-electron chi connectivity index (χ0n) is 14.5. The van der Waals surface area contributed by atoms with Crippen molar-refractivity contribution in [1.29, 1.82) is 0 Å². The number of aromatic nitrogens is 1. The largest absolute Gasteiger partial charge is 0.462 e. The van der Waals surface area contributed by atoms with E-state index in [9.17, 15) is 9.59 Å². The Hall–Kier alpha value is -2.30. The van der Waals surface area contributed by atoms with E-state index >= 15 is 0 Å².